The smallest absolute Gasteiger partial charge is 0.305 e. The minimum absolute atomic E-state index is 0.0988. The molecule has 0 aromatic heterocycles. The maximum absolute atomic E-state index is 12.0. The summed E-state index contributed by atoms with van der Waals surface area (Å²) in [6.07, 6.45) is 4.52. The van der Waals surface area contributed by atoms with E-state index < -0.39 is 12.0 Å². The van der Waals surface area contributed by atoms with Gasteiger partial charge in [0.05, 0.1) is 12.5 Å². The lowest BCUT2D eigenvalue weighted by Crippen LogP contribution is -2.62. The van der Waals surface area contributed by atoms with E-state index in [0.29, 0.717) is 12.6 Å². The van der Waals surface area contributed by atoms with Crippen molar-refractivity contribution in [3.63, 3.8) is 0 Å². The molecular weight excluding hydrogens is 244 g/mol. The Morgan fingerprint density at radius 1 is 1.47 bits per heavy atom. The topological polar surface area (TPSA) is 69.6 Å². The minimum Gasteiger partial charge on any atom is -0.481 e. The molecule has 1 saturated carbocycles. The van der Waals surface area contributed by atoms with Crippen LogP contribution in [0.2, 0.25) is 0 Å². The molecule has 2 aliphatic rings. The van der Waals surface area contributed by atoms with Crippen LogP contribution in [-0.4, -0.2) is 47.1 Å². The summed E-state index contributed by atoms with van der Waals surface area (Å²) in [6.45, 7) is 5.86. The Hall–Kier alpha value is -1.10. The van der Waals surface area contributed by atoms with E-state index in [1.165, 1.54) is 12.8 Å². The van der Waals surface area contributed by atoms with Gasteiger partial charge >= 0.3 is 5.97 Å². The first-order valence-electron chi connectivity index (χ1n) is 7.17. The quantitative estimate of drug-likeness (QED) is 0.807. The third-order valence-corrected chi connectivity index (χ3v) is 4.59. The van der Waals surface area contributed by atoms with E-state index in [1.807, 2.05) is 0 Å². The van der Waals surface area contributed by atoms with Gasteiger partial charge in [-0.25, -0.2) is 0 Å². The van der Waals surface area contributed by atoms with Gasteiger partial charge in [-0.2, -0.15) is 0 Å². The first kappa shape index (κ1) is 14.3. The number of amides is 1. The maximum Gasteiger partial charge on any atom is 0.305 e. The number of carboxylic acids is 1. The molecule has 0 aromatic rings. The second-order valence-electron chi connectivity index (χ2n) is 6.39. The Balaban J connectivity index is 2.18. The molecular formula is C14H24N2O3. The van der Waals surface area contributed by atoms with Crippen molar-refractivity contribution in [2.75, 3.05) is 13.1 Å². The highest BCUT2D eigenvalue weighted by Gasteiger charge is 2.42. The lowest BCUT2D eigenvalue weighted by Gasteiger charge is -2.49. The molecule has 0 bridgehead atoms. The number of rotatable bonds is 3. The van der Waals surface area contributed by atoms with Crippen LogP contribution in [0.3, 0.4) is 0 Å². The number of carbonyl (C=O) groups excluding carboxylic acids is 1. The fraction of sp³-hybridized carbons (Fsp3) is 0.857. The van der Waals surface area contributed by atoms with Gasteiger partial charge in [0.2, 0.25) is 5.91 Å². The Morgan fingerprint density at radius 2 is 2.21 bits per heavy atom. The monoisotopic (exact) mass is 268 g/mol. The molecule has 1 aliphatic carbocycles. The lowest BCUT2D eigenvalue weighted by atomic mass is 9.72. The molecule has 5 heteroatoms. The van der Waals surface area contributed by atoms with E-state index in [1.54, 1.807) is 0 Å². The largest absolute Gasteiger partial charge is 0.481 e. The number of aliphatic carboxylic acids is 1. The lowest BCUT2D eigenvalue weighted by molar-refractivity contribution is -0.145. The highest BCUT2D eigenvalue weighted by molar-refractivity contribution is 5.86. The molecule has 2 atom stereocenters. The Labute approximate surface area is 114 Å². The SMILES string of the molecule is CC1(C)CCCCC1N1CCNC(=O)C1CC(=O)O. The zero-order chi connectivity index (χ0) is 14.0. The standard InChI is InChI=1S/C14H24N2O3/c1-14(2)6-4-3-5-11(14)16-8-7-15-13(19)10(16)9-12(17)18/h10-11H,3-9H2,1-2H3,(H,15,19)(H,17,18). The van der Waals surface area contributed by atoms with Crippen molar-refractivity contribution < 1.29 is 14.7 Å². The first-order chi connectivity index (χ1) is 8.92. The van der Waals surface area contributed by atoms with Crippen molar-refractivity contribution in [1.82, 2.24) is 10.2 Å². The molecule has 1 amide bonds. The van der Waals surface area contributed by atoms with E-state index >= 15 is 0 Å². The number of piperazine rings is 1. The molecule has 2 fully saturated rings. The summed E-state index contributed by atoms with van der Waals surface area (Å²) in [7, 11) is 0. The van der Waals surface area contributed by atoms with Gasteiger partial charge < -0.3 is 10.4 Å². The molecule has 2 unspecified atom stereocenters. The van der Waals surface area contributed by atoms with Crippen LogP contribution in [0.5, 0.6) is 0 Å². The maximum atomic E-state index is 12.0. The van der Waals surface area contributed by atoms with E-state index in [-0.39, 0.29) is 17.7 Å². The van der Waals surface area contributed by atoms with Gasteiger partial charge in [-0.15, -0.1) is 0 Å². The van der Waals surface area contributed by atoms with Crippen molar-refractivity contribution in [2.45, 2.75) is 58.0 Å². The van der Waals surface area contributed by atoms with E-state index in [2.05, 4.69) is 24.1 Å². The van der Waals surface area contributed by atoms with Crippen LogP contribution in [0, 0.1) is 5.41 Å². The van der Waals surface area contributed by atoms with Crippen LogP contribution in [0.1, 0.15) is 46.0 Å². The summed E-state index contributed by atoms with van der Waals surface area (Å²) in [5.41, 5.74) is 0.159. The molecule has 5 nitrogen and oxygen atoms in total. The van der Waals surface area contributed by atoms with Gasteiger partial charge in [0.15, 0.2) is 0 Å². The molecule has 1 saturated heterocycles. The number of hydrogen-bond donors (Lipinski definition) is 2. The van der Waals surface area contributed by atoms with Crippen molar-refractivity contribution in [2.24, 2.45) is 5.41 Å². The number of carbonyl (C=O) groups is 2. The predicted octanol–water partition coefficient (Wildman–Crippen LogP) is 1.23. The highest BCUT2D eigenvalue weighted by Crippen LogP contribution is 2.39. The van der Waals surface area contributed by atoms with E-state index in [0.717, 1.165) is 19.4 Å². The molecule has 0 spiro atoms. The highest BCUT2D eigenvalue weighted by atomic mass is 16.4. The fourth-order valence-corrected chi connectivity index (χ4v) is 3.57. The molecule has 19 heavy (non-hydrogen) atoms. The van der Waals surface area contributed by atoms with Gasteiger partial charge in [0.25, 0.3) is 0 Å². The Kier molecular flexibility index (Phi) is 4.13. The summed E-state index contributed by atoms with van der Waals surface area (Å²) in [6, 6.07) is -0.190. The van der Waals surface area contributed by atoms with Crippen molar-refractivity contribution in [3.05, 3.63) is 0 Å². The molecule has 0 radical (unpaired) electrons. The predicted molar refractivity (Wildman–Crippen MR) is 71.8 cm³/mol. The van der Waals surface area contributed by atoms with Crippen LogP contribution >= 0.6 is 0 Å². The van der Waals surface area contributed by atoms with E-state index in [4.69, 9.17) is 5.11 Å². The molecule has 2 rings (SSSR count). The molecule has 2 N–H and O–H groups in total. The van der Waals surface area contributed by atoms with Crippen molar-refractivity contribution in [3.8, 4) is 0 Å². The third kappa shape index (κ3) is 3.08. The molecule has 108 valence electrons. The summed E-state index contributed by atoms with van der Waals surface area (Å²) in [5, 5.41) is 11.8. The third-order valence-electron chi connectivity index (χ3n) is 4.59. The second-order valence-corrected chi connectivity index (χ2v) is 6.39. The molecule has 1 heterocycles. The molecule has 1 aliphatic heterocycles. The molecule has 0 aromatic carbocycles. The van der Waals surface area contributed by atoms with Gasteiger partial charge in [0, 0.05) is 19.1 Å². The van der Waals surface area contributed by atoms with Gasteiger partial charge in [0.1, 0.15) is 0 Å². The van der Waals surface area contributed by atoms with Crippen LogP contribution in [0.15, 0.2) is 0 Å². The number of nitrogens with zero attached hydrogens (tertiary/aromatic N) is 1. The second kappa shape index (κ2) is 5.49. The van der Waals surface area contributed by atoms with Crippen molar-refractivity contribution >= 4 is 11.9 Å². The Morgan fingerprint density at radius 3 is 2.84 bits per heavy atom. The number of hydrogen-bond acceptors (Lipinski definition) is 3. The average molecular weight is 268 g/mol. The normalized spacial score (nSPS) is 31.8. The van der Waals surface area contributed by atoms with Crippen LogP contribution in [-0.2, 0) is 9.59 Å². The summed E-state index contributed by atoms with van der Waals surface area (Å²) in [4.78, 5) is 25.1. The minimum atomic E-state index is -0.902. The fourth-order valence-electron chi connectivity index (χ4n) is 3.57. The number of nitrogens with one attached hydrogen (secondary N) is 1. The van der Waals surface area contributed by atoms with E-state index in [9.17, 15) is 9.59 Å². The zero-order valence-corrected chi connectivity index (χ0v) is 11.8. The first-order valence-corrected chi connectivity index (χ1v) is 7.17. The van der Waals surface area contributed by atoms with Crippen molar-refractivity contribution in [1.29, 1.82) is 0 Å². The van der Waals surface area contributed by atoms with Crippen LogP contribution in [0.25, 0.3) is 0 Å². The van der Waals surface area contributed by atoms with Gasteiger partial charge in [-0.3, -0.25) is 14.5 Å². The summed E-state index contributed by atoms with van der Waals surface area (Å²) < 4.78 is 0. The Bertz CT molecular complexity index is 368. The van der Waals surface area contributed by atoms with Gasteiger partial charge in [-0.1, -0.05) is 26.7 Å². The average Bonchev–Trinajstić information content (AvgIpc) is 2.31. The van der Waals surface area contributed by atoms with Gasteiger partial charge in [-0.05, 0) is 18.3 Å². The zero-order valence-electron chi connectivity index (χ0n) is 11.8. The van der Waals surface area contributed by atoms with Crippen LogP contribution in [0.4, 0.5) is 0 Å². The number of carboxylic acid groups (broad SMARTS) is 1. The summed E-state index contributed by atoms with van der Waals surface area (Å²) in [5.74, 6) is -1.03. The summed E-state index contributed by atoms with van der Waals surface area (Å²) >= 11 is 0. The van der Waals surface area contributed by atoms with Crippen LogP contribution < -0.4 is 5.32 Å².